The van der Waals surface area contributed by atoms with Gasteiger partial charge in [-0.1, -0.05) is 84.5 Å². The Labute approximate surface area is 163 Å². The number of aliphatic hydroxyl groups excluding tert-OH is 1. The number of carbonyl (C=O) groups is 1. The van der Waals surface area contributed by atoms with E-state index in [1.165, 1.54) is 10.4 Å². The number of benzene rings is 2. The molecule has 1 fully saturated rings. The molecule has 0 aromatic heterocycles. The number of Topliss-reactive ketones (excluding diaryl/α,β-unsaturated/α-hetero) is 1. The van der Waals surface area contributed by atoms with Crippen molar-refractivity contribution in [3.8, 4) is 0 Å². The SMILES string of the molecule is CC[C@@H]1C(=O)[C@H]([Si](C)(c2ccccc2)c2ccccc2)C[C@]1(C)OCCO. The van der Waals surface area contributed by atoms with E-state index in [-0.39, 0.29) is 24.7 Å². The van der Waals surface area contributed by atoms with Gasteiger partial charge >= 0.3 is 0 Å². The predicted molar refractivity (Wildman–Crippen MR) is 112 cm³/mol. The molecule has 0 amide bonds. The molecule has 0 saturated heterocycles. The molecule has 2 aromatic carbocycles. The highest BCUT2D eigenvalue weighted by Gasteiger charge is 2.57. The van der Waals surface area contributed by atoms with Crippen molar-refractivity contribution in [1.29, 1.82) is 0 Å². The van der Waals surface area contributed by atoms with Gasteiger partial charge in [0, 0.05) is 11.5 Å². The van der Waals surface area contributed by atoms with Crippen LogP contribution in [0.15, 0.2) is 60.7 Å². The summed E-state index contributed by atoms with van der Waals surface area (Å²) in [6.07, 6.45) is 1.49. The molecule has 1 aliphatic carbocycles. The third kappa shape index (κ3) is 3.54. The lowest BCUT2D eigenvalue weighted by molar-refractivity contribution is -0.128. The first-order chi connectivity index (χ1) is 13.0. The van der Waals surface area contributed by atoms with E-state index in [0.717, 1.165) is 12.8 Å². The van der Waals surface area contributed by atoms with Crippen LogP contribution in [0.2, 0.25) is 12.1 Å². The molecular formula is C23H30O3Si. The van der Waals surface area contributed by atoms with Crippen LogP contribution in [0, 0.1) is 5.92 Å². The maximum Gasteiger partial charge on any atom is 0.140 e. The van der Waals surface area contributed by atoms with E-state index in [2.05, 4.69) is 68.9 Å². The van der Waals surface area contributed by atoms with Gasteiger partial charge in [-0.25, -0.2) is 0 Å². The molecule has 3 rings (SSSR count). The first kappa shape index (κ1) is 20.0. The smallest absolute Gasteiger partial charge is 0.140 e. The number of hydrogen-bond donors (Lipinski definition) is 1. The lowest BCUT2D eigenvalue weighted by Gasteiger charge is -2.35. The summed E-state index contributed by atoms with van der Waals surface area (Å²) in [6, 6.07) is 21.1. The van der Waals surface area contributed by atoms with Crippen molar-refractivity contribution in [3.63, 3.8) is 0 Å². The second-order valence-electron chi connectivity index (χ2n) is 7.94. The van der Waals surface area contributed by atoms with Crippen LogP contribution in [0.5, 0.6) is 0 Å². The molecule has 0 aliphatic heterocycles. The van der Waals surface area contributed by atoms with Gasteiger partial charge < -0.3 is 9.84 Å². The molecule has 2 aromatic rings. The van der Waals surface area contributed by atoms with E-state index in [1.807, 2.05) is 12.1 Å². The molecule has 3 nitrogen and oxygen atoms in total. The number of hydrogen-bond acceptors (Lipinski definition) is 3. The van der Waals surface area contributed by atoms with Crippen molar-refractivity contribution in [2.45, 2.75) is 44.4 Å². The van der Waals surface area contributed by atoms with Crippen LogP contribution >= 0.6 is 0 Å². The average Bonchev–Trinajstić information content (AvgIpc) is 2.97. The fraction of sp³-hybridized carbons (Fsp3) is 0.435. The Morgan fingerprint density at radius 3 is 2.04 bits per heavy atom. The zero-order valence-corrected chi connectivity index (χ0v) is 17.5. The number of aliphatic hydroxyl groups is 1. The van der Waals surface area contributed by atoms with Gasteiger partial charge in [-0.3, -0.25) is 4.79 Å². The van der Waals surface area contributed by atoms with Gasteiger partial charge in [0.2, 0.25) is 0 Å². The molecule has 0 radical (unpaired) electrons. The summed E-state index contributed by atoms with van der Waals surface area (Å²) >= 11 is 0. The maximum absolute atomic E-state index is 13.6. The minimum atomic E-state index is -2.31. The van der Waals surface area contributed by atoms with Crippen LogP contribution in [0.1, 0.15) is 26.7 Å². The van der Waals surface area contributed by atoms with Crippen LogP contribution in [0.4, 0.5) is 0 Å². The molecule has 0 bridgehead atoms. The molecule has 0 unspecified atom stereocenters. The highest BCUT2D eigenvalue weighted by Crippen LogP contribution is 2.48. The average molecular weight is 383 g/mol. The summed E-state index contributed by atoms with van der Waals surface area (Å²) < 4.78 is 6.06. The number of ether oxygens (including phenoxy) is 1. The second kappa shape index (κ2) is 8.09. The van der Waals surface area contributed by atoms with Gasteiger partial charge in [-0.05, 0) is 19.8 Å². The zero-order chi connectivity index (χ0) is 19.5. The number of carbonyl (C=O) groups excluding carboxylic acids is 1. The van der Waals surface area contributed by atoms with Crippen LogP contribution in [-0.2, 0) is 9.53 Å². The Morgan fingerprint density at radius 1 is 1.07 bits per heavy atom. The molecule has 144 valence electrons. The van der Waals surface area contributed by atoms with Crippen LogP contribution in [0.3, 0.4) is 0 Å². The van der Waals surface area contributed by atoms with E-state index >= 15 is 0 Å². The van der Waals surface area contributed by atoms with Crippen molar-refractivity contribution in [1.82, 2.24) is 0 Å². The van der Waals surface area contributed by atoms with E-state index in [0.29, 0.717) is 5.78 Å². The molecule has 0 spiro atoms. The first-order valence-corrected chi connectivity index (χ1v) is 12.4. The summed E-state index contributed by atoms with van der Waals surface area (Å²) in [4.78, 5) is 13.6. The standard InChI is InChI=1S/C23H30O3Si/c1-4-20-22(25)21(17-23(20,2)26-16-15-24)27(3,18-11-7-5-8-12-18)19-13-9-6-10-14-19/h5-14,20-21,24H,4,15-17H2,1-3H3/t20-,21-,23+/m1/s1. The summed E-state index contributed by atoms with van der Waals surface area (Å²) in [5, 5.41) is 11.8. The van der Waals surface area contributed by atoms with Gasteiger partial charge in [-0.15, -0.1) is 0 Å². The Morgan fingerprint density at radius 2 is 1.59 bits per heavy atom. The third-order valence-corrected chi connectivity index (χ3v) is 11.4. The van der Waals surface area contributed by atoms with Crippen LogP contribution in [-0.4, -0.2) is 37.8 Å². The monoisotopic (exact) mass is 382 g/mol. The highest BCUT2D eigenvalue weighted by atomic mass is 28.3. The van der Waals surface area contributed by atoms with Crippen molar-refractivity contribution in [2.75, 3.05) is 13.2 Å². The molecule has 1 aliphatic rings. The van der Waals surface area contributed by atoms with Crippen LogP contribution < -0.4 is 10.4 Å². The molecule has 27 heavy (non-hydrogen) atoms. The second-order valence-corrected chi connectivity index (χ2v) is 12.2. The molecule has 4 heteroatoms. The van der Waals surface area contributed by atoms with Gasteiger partial charge in [0.25, 0.3) is 0 Å². The predicted octanol–water partition coefficient (Wildman–Crippen LogP) is 3.02. The molecule has 0 heterocycles. The summed E-state index contributed by atoms with van der Waals surface area (Å²) in [7, 11) is -2.31. The van der Waals surface area contributed by atoms with E-state index < -0.39 is 13.7 Å². The summed E-state index contributed by atoms with van der Waals surface area (Å²) in [6.45, 7) is 6.71. The fourth-order valence-electron chi connectivity index (χ4n) is 4.89. The Hall–Kier alpha value is -1.75. The van der Waals surface area contributed by atoms with Crippen molar-refractivity contribution < 1.29 is 14.6 Å². The van der Waals surface area contributed by atoms with E-state index in [1.54, 1.807) is 0 Å². The van der Waals surface area contributed by atoms with Gasteiger partial charge in [0.1, 0.15) is 13.9 Å². The third-order valence-electron chi connectivity index (χ3n) is 6.41. The van der Waals surface area contributed by atoms with Gasteiger partial charge in [0.05, 0.1) is 18.8 Å². The summed E-state index contributed by atoms with van der Waals surface area (Å²) in [5.74, 6) is 0.216. The fourth-order valence-corrected chi connectivity index (χ4v) is 9.38. The van der Waals surface area contributed by atoms with Gasteiger partial charge in [0.15, 0.2) is 0 Å². The quantitative estimate of drug-likeness (QED) is 0.749. The number of rotatable bonds is 7. The van der Waals surface area contributed by atoms with E-state index in [4.69, 9.17) is 4.74 Å². The lowest BCUT2D eigenvalue weighted by atomic mass is 9.90. The number of ketones is 1. The summed E-state index contributed by atoms with van der Waals surface area (Å²) in [5.41, 5.74) is -0.534. The lowest BCUT2D eigenvalue weighted by Crippen LogP contribution is -2.60. The molecular weight excluding hydrogens is 352 g/mol. The van der Waals surface area contributed by atoms with Crippen molar-refractivity contribution in [2.24, 2.45) is 5.92 Å². The highest BCUT2D eigenvalue weighted by molar-refractivity contribution is 7.04. The maximum atomic E-state index is 13.6. The molecule has 1 N–H and O–H groups in total. The van der Waals surface area contributed by atoms with Gasteiger partial charge in [-0.2, -0.15) is 0 Å². The van der Waals surface area contributed by atoms with E-state index in [9.17, 15) is 9.90 Å². The Balaban J connectivity index is 2.09. The van der Waals surface area contributed by atoms with Crippen molar-refractivity contribution in [3.05, 3.63) is 60.7 Å². The largest absolute Gasteiger partial charge is 0.394 e. The minimum absolute atomic E-state index is 0.0169. The Kier molecular flexibility index (Phi) is 5.99. The molecule has 1 saturated carbocycles. The molecule has 3 atom stereocenters. The van der Waals surface area contributed by atoms with Crippen LogP contribution in [0.25, 0.3) is 0 Å². The first-order valence-electron chi connectivity index (χ1n) is 9.87. The Bertz CT molecular complexity index is 722. The normalized spacial score (nSPS) is 25.7. The zero-order valence-electron chi connectivity index (χ0n) is 16.5. The topological polar surface area (TPSA) is 46.5 Å². The minimum Gasteiger partial charge on any atom is -0.394 e. The van der Waals surface area contributed by atoms with Crippen molar-refractivity contribution >= 4 is 24.2 Å².